The molecule has 3 aromatic carbocycles. The Hall–Kier alpha value is -4.30. The van der Waals surface area contributed by atoms with Gasteiger partial charge in [-0.3, -0.25) is 14.4 Å². The van der Waals surface area contributed by atoms with Crippen LogP contribution in [0.4, 0.5) is 5.69 Å². The van der Waals surface area contributed by atoms with Gasteiger partial charge in [0.05, 0.1) is 12.3 Å². The summed E-state index contributed by atoms with van der Waals surface area (Å²) >= 11 is 4.15. The molecule has 0 aliphatic carbocycles. The summed E-state index contributed by atoms with van der Waals surface area (Å²) < 4.78 is 4.55. The lowest BCUT2D eigenvalue weighted by Gasteiger charge is -2.13. The third-order valence-corrected chi connectivity index (χ3v) is 6.61. The molecule has 3 aromatic rings. The number of unbranched alkanes of at least 4 members (excludes halogenated alkanes) is 2. The van der Waals surface area contributed by atoms with E-state index in [1.54, 1.807) is 43.5 Å². The van der Waals surface area contributed by atoms with Gasteiger partial charge in [0.1, 0.15) is 5.75 Å². The highest BCUT2D eigenvalue weighted by atomic mass is 32.1. The van der Waals surface area contributed by atoms with Crippen LogP contribution in [0.25, 0.3) is 11.1 Å². The molecular formula is C35H42N2O5S. The van der Waals surface area contributed by atoms with E-state index in [9.17, 15) is 19.5 Å². The van der Waals surface area contributed by atoms with E-state index in [0.29, 0.717) is 24.3 Å². The van der Waals surface area contributed by atoms with Crippen molar-refractivity contribution in [2.24, 2.45) is 0 Å². The summed E-state index contributed by atoms with van der Waals surface area (Å²) in [5, 5.41) is 17.8. The van der Waals surface area contributed by atoms with Gasteiger partial charge in [-0.25, -0.2) is 0 Å². The number of ether oxygens (including phenoxy) is 1. The summed E-state index contributed by atoms with van der Waals surface area (Å²) in [6.07, 6.45) is 6.40. The zero-order chi connectivity index (χ0) is 31.6. The number of phenolic OH excluding ortho intramolecular Hbond substituents is 1. The third kappa shape index (κ3) is 11.5. The first-order valence-corrected chi connectivity index (χ1v) is 15.0. The maximum atomic E-state index is 13.1. The summed E-state index contributed by atoms with van der Waals surface area (Å²) in [4.78, 5) is 36.1. The molecule has 0 unspecified atom stereocenters. The molecule has 0 aromatic heterocycles. The smallest absolute Gasteiger partial charge is 0.305 e. The minimum Gasteiger partial charge on any atom is -0.506 e. The van der Waals surface area contributed by atoms with Crippen molar-refractivity contribution in [1.29, 1.82) is 0 Å². The van der Waals surface area contributed by atoms with Gasteiger partial charge < -0.3 is 20.5 Å². The number of hydrogen-bond donors (Lipinski definition) is 4. The molecule has 0 atom stereocenters. The van der Waals surface area contributed by atoms with Crippen LogP contribution in [0.3, 0.4) is 0 Å². The monoisotopic (exact) mass is 602 g/mol. The number of allylic oxidation sites excluding steroid dienone is 2. The van der Waals surface area contributed by atoms with Crippen LogP contribution in [-0.2, 0) is 9.53 Å². The molecular weight excluding hydrogens is 560 g/mol. The molecule has 0 aliphatic rings. The molecule has 43 heavy (non-hydrogen) atoms. The van der Waals surface area contributed by atoms with Gasteiger partial charge in [0.15, 0.2) is 0 Å². The second kappa shape index (κ2) is 19.0. The number of thiol groups is 1. The third-order valence-electron chi connectivity index (χ3n) is 6.46. The molecule has 228 valence electrons. The fourth-order valence-electron chi connectivity index (χ4n) is 4.12. The van der Waals surface area contributed by atoms with Crippen LogP contribution in [0, 0.1) is 0 Å². The van der Waals surface area contributed by atoms with E-state index in [0.717, 1.165) is 42.4 Å². The fourth-order valence-corrected chi connectivity index (χ4v) is 4.27. The van der Waals surface area contributed by atoms with Gasteiger partial charge >= 0.3 is 5.97 Å². The zero-order valence-electron chi connectivity index (χ0n) is 25.4. The lowest BCUT2D eigenvalue weighted by Crippen LogP contribution is -2.23. The first kappa shape index (κ1) is 34.9. The Balaban J connectivity index is 0.000000821. The van der Waals surface area contributed by atoms with Gasteiger partial charge in [-0.05, 0) is 79.1 Å². The predicted octanol–water partition coefficient (Wildman–Crippen LogP) is 8.30. The number of phenols is 1. The van der Waals surface area contributed by atoms with Crippen molar-refractivity contribution in [2.75, 3.05) is 11.9 Å². The number of carbonyl (C=O) groups is 3. The molecule has 7 nitrogen and oxygen atoms in total. The van der Waals surface area contributed by atoms with Gasteiger partial charge in [0.2, 0.25) is 0 Å². The minimum absolute atomic E-state index is 0.123. The van der Waals surface area contributed by atoms with Crippen molar-refractivity contribution in [3.05, 3.63) is 107 Å². The van der Waals surface area contributed by atoms with Gasteiger partial charge in [-0.1, -0.05) is 75.2 Å². The number of amides is 2. The van der Waals surface area contributed by atoms with Gasteiger partial charge in [-0.15, -0.1) is 0 Å². The predicted molar refractivity (Wildman–Crippen MR) is 177 cm³/mol. The molecule has 3 rings (SSSR count). The summed E-state index contributed by atoms with van der Waals surface area (Å²) in [5.41, 5.74) is 4.45. The second-order valence-corrected chi connectivity index (χ2v) is 9.98. The largest absolute Gasteiger partial charge is 0.506 e. The Labute approximate surface area is 260 Å². The Kier molecular flexibility index (Phi) is 15.4. The second-order valence-electron chi connectivity index (χ2n) is 9.68. The summed E-state index contributed by atoms with van der Waals surface area (Å²) in [6.45, 7) is 8.20. The molecule has 0 fully saturated rings. The lowest BCUT2D eigenvalue weighted by atomic mass is 9.99. The van der Waals surface area contributed by atoms with Gasteiger partial charge in [0, 0.05) is 23.2 Å². The molecule has 0 bridgehead atoms. The van der Waals surface area contributed by atoms with Crippen molar-refractivity contribution in [3.63, 3.8) is 0 Å². The van der Waals surface area contributed by atoms with Crippen LogP contribution in [0.15, 0.2) is 95.6 Å². The van der Waals surface area contributed by atoms with E-state index in [1.165, 1.54) is 12.1 Å². The van der Waals surface area contributed by atoms with Crippen LogP contribution < -0.4 is 10.6 Å². The number of aromatic hydroxyl groups is 1. The Morgan fingerprint density at radius 3 is 2.21 bits per heavy atom. The van der Waals surface area contributed by atoms with Crippen molar-refractivity contribution in [3.8, 4) is 16.9 Å². The first-order chi connectivity index (χ1) is 20.7. The SMILES string of the molecule is CCCCC/C(C)=C(/C=C\S)NC(=O)c1ccc(NC(=O)c2ccccc2-c2ccccc2)c(O)c1.CCOC(=O)CC. The average molecular weight is 603 g/mol. The topological polar surface area (TPSA) is 105 Å². The van der Waals surface area contributed by atoms with Crippen molar-refractivity contribution in [1.82, 2.24) is 5.32 Å². The lowest BCUT2D eigenvalue weighted by molar-refractivity contribution is -0.142. The number of hydrogen-bond acceptors (Lipinski definition) is 6. The minimum atomic E-state index is -0.353. The Morgan fingerprint density at radius 1 is 0.907 bits per heavy atom. The Morgan fingerprint density at radius 2 is 1.60 bits per heavy atom. The summed E-state index contributed by atoms with van der Waals surface area (Å²) in [7, 11) is 0. The normalized spacial score (nSPS) is 11.2. The van der Waals surface area contributed by atoms with E-state index >= 15 is 0 Å². The van der Waals surface area contributed by atoms with E-state index in [-0.39, 0.29) is 34.8 Å². The highest BCUT2D eigenvalue weighted by molar-refractivity contribution is 7.83. The quantitative estimate of drug-likeness (QED) is 0.0549. The standard InChI is InChI=1S/C30H32N2O3S.C5H10O2/c1-3-4-6-11-21(2)26(18-19-36)31-29(34)23-16-17-27(28(33)20-23)32-30(35)25-15-10-9-14-24(25)22-12-7-5-8-13-22;1-3-5(6)7-4-2/h5,7-10,12-20,33,36H,3-4,6,11H2,1-2H3,(H,31,34)(H,32,35);3-4H2,1-2H3/b19-18-,26-21-;. The summed E-state index contributed by atoms with van der Waals surface area (Å²) in [5.74, 6) is -1.02. The Bertz CT molecular complexity index is 1420. The van der Waals surface area contributed by atoms with Crippen LogP contribution in [0.2, 0.25) is 0 Å². The zero-order valence-corrected chi connectivity index (χ0v) is 26.2. The van der Waals surface area contributed by atoms with Gasteiger partial charge in [0.25, 0.3) is 11.8 Å². The molecule has 0 saturated carbocycles. The molecule has 0 heterocycles. The maximum Gasteiger partial charge on any atom is 0.305 e. The van der Waals surface area contributed by atoms with Crippen LogP contribution >= 0.6 is 12.6 Å². The number of carbonyl (C=O) groups excluding carboxylic acids is 3. The molecule has 0 spiro atoms. The first-order valence-electron chi connectivity index (χ1n) is 14.5. The van der Waals surface area contributed by atoms with E-state index in [4.69, 9.17) is 0 Å². The van der Waals surface area contributed by atoms with Gasteiger partial charge in [-0.2, -0.15) is 12.6 Å². The number of esters is 1. The molecule has 3 N–H and O–H groups in total. The number of anilines is 1. The molecule has 0 radical (unpaired) electrons. The van der Waals surface area contributed by atoms with Crippen LogP contribution in [0.1, 0.15) is 80.5 Å². The van der Waals surface area contributed by atoms with Crippen molar-refractivity contribution < 1.29 is 24.2 Å². The van der Waals surface area contributed by atoms with Crippen molar-refractivity contribution >= 4 is 36.1 Å². The van der Waals surface area contributed by atoms with Crippen molar-refractivity contribution in [2.45, 2.75) is 59.8 Å². The maximum absolute atomic E-state index is 13.1. The molecule has 8 heteroatoms. The number of benzene rings is 3. The highest BCUT2D eigenvalue weighted by Crippen LogP contribution is 2.28. The molecule has 2 amide bonds. The molecule has 0 aliphatic heterocycles. The van der Waals surface area contributed by atoms with Crippen LogP contribution in [0.5, 0.6) is 5.75 Å². The highest BCUT2D eigenvalue weighted by Gasteiger charge is 2.16. The summed E-state index contributed by atoms with van der Waals surface area (Å²) in [6, 6.07) is 21.4. The van der Waals surface area contributed by atoms with E-state index in [2.05, 4.69) is 34.9 Å². The van der Waals surface area contributed by atoms with E-state index in [1.807, 2.05) is 49.4 Å². The average Bonchev–Trinajstić information content (AvgIpc) is 3.02. The molecule has 0 saturated heterocycles. The van der Waals surface area contributed by atoms with Crippen LogP contribution in [-0.4, -0.2) is 29.5 Å². The fraction of sp³-hybridized carbons (Fsp3) is 0.286. The number of nitrogens with one attached hydrogen (secondary N) is 2. The van der Waals surface area contributed by atoms with E-state index < -0.39 is 0 Å². The number of rotatable bonds is 12.